The molecule has 1 aliphatic heterocycles. The number of rotatable bonds is 1. The van der Waals surface area contributed by atoms with Crippen LogP contribution in [0.15, 0.2) is 23.9 Å². The van der Waals surface area contributed by atoms with Gasteiger partial charge in [-0.15, -0.1) is 0 Å². The Bertz CT molecular complexity index is 191. The van der Waals surface area contributed by atoms with Gasteiger partial charge in [-0.05, 0) is 12.5 Å². The van der Waals surface area contributed by atoms with Gasteiger partial charge in [0.1, 0.15) is 0 Å². The van der Waals surface area contributed by atoms with Gasteiger partial charge in [0.25, 0.3) is 0 Å². The molecule has 0 aromatic heterocycles. The molecular weight excluding hydrogens is 114 g/mol. The third kappa shape index (κ3) is 1.02. The second kappa shape index (κ2) is 2.05. The summed E-state index contributed by atoms with van der Waals surface area (Å²) in [5.74, 6) is 0.0880. The van der Waals surface area contributed by atoms with Gasteiger partial charge >= 0.3 is 0 Å². The van der Waals surface area contributed by atoms with Crippen LogP contribution in [0.2, 0.25) is 0 Å². The topological polar surface area (TPSA) is 29.1 Å². The molecule has 0 saturated carbocycles. The third-order valence-corrected chi connectivity index (χ3v) is 1.32. The summed E-state index contributed by atoms with van der Waals surface area (Å²) >= 11 is 0. The predicted molar refractivity (Wildman–Crippen MR) is 35.9 cm³/mol. The number of hydrogen-bond acceptors (Lipinski definition) is 2. The molecule has 0 aromatic rings. The summed E-state index contributed by atoms with van der Waals surface area (Å²) in [7, 11) is 0. The van der Waals surface area contributed by atoms with Crippen LogP contribution in [-0.2, 0) is 4.79 Å². The van der Waals surface area contributed by atoms with Gasteiger partial charge in [-0.3, -0.25) is 4.79 Å². The Morgan fingerprint density at radius 3 is 2.78 bits per heavy atom. The molecule has 48 valence electrons. The highest BCUT2D eigenvalue weighted by atomic mass is 16.1. The van der Waals surface area contributed by atoms with Crippen LogP contribution in [0, 0.1) is 0 Å². The molecule has 0 spiro atoms. The van der Waals surface area contributed by atoms with E-state index in [1.165, 1.54) is 0 Å². The quantitative estimate of drug-likeness (QED) is 0.553. The molecule has 1 rings (SSSR count). The zero-order valence-corrected chi connectivity index (χ0v) is 5.40. The van der Waals surface area contributed by atoms with Crippen molar-refractivity contribution in [1.29, 1.82) is 0 Å². The summed E-state index contributed by atoms with van der Waals surface area (Å²) in [5.41, 5.74) is 1.62. The highest BCUT2D eigenvalue weighted by molar-refractivity contribution is 5.98. The lowest BCUT2D eigenvalue weighted by Crippen LogP contribution is -2.00. The molecule has 0 bridgehead atoms. The molecule has 9 heavy (non-hydrogen) atoms. The molecule has 0 aliphatic carbocycles. The molecule has 0 radical (unpaired) electrons. The number of ketones is 1. The maximum absolute atomic E-state index is 10.7. The highest BCUT2D eigenvalue weighted by Gasteiger charge is 2.11. The largest absolute Gasteiger partial charge is 0.386 e. The van der Waals surface area contributed by atoms with E-state index in [0.717, 1.165) is 17.7 Å². The minimum absolute atomic E-state index is 0.0880. The Hall–Kier alpha value is -1.05. The van der Waals surface area contributed by atoms with Crippen LogP contribution in [-0.4, -0.2) is 12.3 Å². The van der Waals surface area contributed by atoms with Crippen molar-refractivity contribution in [1.82, 2.24) is 5.32 Å². The molecule has 2 heteroatoms. The smallest absolute Gasteiger partial charge is 0.161 e. The monoisotopic (exact) mass is 123 g/mol. The molecule has 0 saturated heterocycles. The summed E-state index contributed by atoms with van der Waals surface area (Å²) < 4.78 is 0. The van der Waals surface area contributed by atoms with Gasteiger partial charge < -0.3 is 5.32 Å². The van der Waals surface area contributed by atoms with E-state index >= 15 is 0 Å². The Balaban J connectivity index is 2.80. The standard InChI is InChI=1S/C7H9NO/c1-5-3-8-4-7(5)6(2)9/h4,8H,1,3H2,2H3. The zero-order valence-electron chi connectivity index (χ0n) is 5.40. The number of Topliss-reactive ketones (excluding diaryl/α,β-unsaturated/α-hetero) is 1. The molecule has 1 N–H and O–H groups in total. The van der Waals surface area contributed by atoms with Gasteiger partial charge in [0, 0.05) is 18.3 Å². The van der Waals surface area contributed by atoms with Gasteiger partial charge in [0.15, 0.2) is 5.78 Å². The van der Waals surface area contributed by atoms with Crippen LogP contribution in [0.5, 0.6) is 0 Å². The van der Waals surface area contributed by atoms with Crippen molar-refractivity contribution in [3.63, 3.8) is 0 Å². The molecule has 0 amide bonds. The second-order valence-electron chi connectivity index (χ2n) is 2.10. The van der Waals surface area contributed by atoms with Crippen LogP contribution in [0.4, 0.5) is 0 Å². The molecule has 0 atom stereocenters. The number of carbonyl (C=O) groups is 1. The van der Waals surface area contributed by atoms with Crippen molar-refractivity contribution in [2.24, 2.45) is 0 Å². The lowest BCUT2D eigenvalue weighted by molar-refractivity contribution is -0.113. The lowest BCUT2D eigenvalue weighted by Gasteiger charge is -1.93. The molecular formula is C7H9NO. The maximum Gasteiger partial charge on any atom is 0.161 e. The van der Waals surface area contributed by atoms with E-state index in [-0.39, 0.29) is 5.78 Å². The van der Waals surface area contributed by atoms with E-state index in [9.17, 15) is 4.79 Å². The van der Waals surface area contributed by atoms with Crippen molar-refractivity contribution in [3.8, 4) is 0 Å². The number of carbonyl (C=O) groups excluding carboxylic acids is 1. The predicted octanol–water partition coefficient (Wildman–Crippen LogP) is 0.619. The van der Waals surface area contributed by atoms with Crippen molar-refractivity contribution < 1.29 is 4.79 Å². The van der Waals surface area contributed by atoms with E-state index in [1.54, 1.807) is 13.1 Å². The Kier molecular flexibility index (Phi) is 1.39. The van der Waals surface area contributed by atoms with Crippen molar-refractivity contribution in [3.05, 3.63) is 23.9 Å². The van der Waals surface area contributed by atoms with E-state index in [2.05, 4.69) is 11.9 Å². The summed E-state index contributed by atoms with van der Waals surface area (Å²) in [4.78, 5) is 10.7. The Morgan fingerprint density at radius 2 is 2.56 bits per heavy atom. The van der Waals surface area contributed by atoms with Gasteiger partial charge in [-0.25, -0.2) is 0 Å². The SMILES string of the molecule is C=C1CNC=C1C(C)=O. The molecule has 0 unspecified atom stereocenters. The Morgan fingerprint density at radius 1 is 1.89 bits per heavy atom. The first-order valence-corrected chi connectivity index (χ1v) is 2.84. The Labute approximate surface area is 54.3 Å². The van der Waals surface area contributed by atoms with Gasteiger partial charge in [-0.1, -0.05) is 6.58 Å². The highest BCUT2D eigenvalue weighted by Crippen LogP contribution is 2.11. The average Bonchev–Trinajstić information content (AvgIpc) is 2.13. The second-order valence-corrected chi connectivity index (χ2v) is 2.10. The first-order chi connectivity index (χ1) is 4.22. The van der Waals surface area contributed by atoms with E-state index in [0.29, 0.717) is 0 Å². The minimum Gasteiger partial charge on any atom is -0.386 e. The van der Waals surface area contributed by atoms with Crippen LogP contribution in [0.1, 0.15) is 6.92 Å². The number of hydrogen-bond donors (Lipinski definition) is 1. The first kappa shape index (κ1) is 6.08. The molecule has 1 heterocycles. The van der Waals surface area contributed by atoms with Crippen LogP contribution >= 0.6 is 0 Å². The fraction of sp³-hybridized carbons (Fsp3) is 0.286. The minimum atomic E-state index is 0.0880. The van der Waals surface area contributed by atoms with Gasteiger partial charge in [-0.2, -0.15) is 0 Å². The summed E-state index contributed by atoms with van der Waals surface area (Å²) in [5, 5.41) is 2.92. The molecule has 2 nitrogen and oxygen atoms in total. The number of nitrogens with one attached hydrogen (secondary N) is 1. The van der Waals surface area contributed by atoms with Crippen molar-refractivity contribution in [2.75, 3.05) is 6.54 Å². The van der Waals surface area contributed by atoms with Crippen LogP contribution < -0.4 is 5.32 Å². The van der Waals surface area contributed by atoms with Crippen LogP contribution in [0.25, 0.3) is 0 Å². The molecule has 0 fully saturated rings. The van der Waals surface area contributed by atoms with E-state index < -0.39 is 0 Å². The summed E-state index contributed by atoms with van der Waals surface area (Å²) in [6.45, 7) is 5.97. The van der Waals surface area contributed by atoms with Crippen molar-refractivity contribution in [2.45, 2.75) is 6.92 Å². The summed E-state index contributed by atoms with van der Waals surface area (Å²) in [6.07, 6.45) is 1.71. The fourth-order valence-electron chi connectivity index (χ4n) is 0.824. The van der Waals surface area contributed by atoms with Crippen molar-refractivity contribution >= 4 is 5.78 Å². The van der Waals surface area contributed by atoms with E-state index in [1.807, 2.05) is 0 Å². The summed E-state index contributed by atoms with van der Waals surface area (Å²) in [6, 6.07) is 0. The lowest BCUT2D eigenvalue weighted by atomic mass is 10.1. The van der Waals surface area contributed by atoms with Gasteiger partial charge in [0.05, 0.1) is 0 Å². The maximum atomic E-state index is 10.7. The van der Waals surface area contributed by atoms with Crippen LogP contribution in [0.3, 0.4) is 0 Å². The zero-order chi connectivity index (χ0) is 6.85. The fourth-order valence-corrected chi connectivity index (χ4v) is 0.824. The van der Waals surface area contributed by atoms with E-state index in [4.69, 9.17) is 0 Å². The first-order valence-electron chi connectivity index (χ1n) is 2.84. The van der Waals surface area contributed by atoms with Gasteiger partial charge in [0.2, 0.25) is 0 Å². The molecule has 0 aromatic carbocycles. The molecule has 1 aliphatic rings. The third-order valence-electron chi connectivity index (χ3n) is 1.32. The normalized spacial score (nSPS) is 17.0. The average molecular weight is 123 g/mol.